The predicted octanol–water partition coefficient (Wildman–Crippen LogP) is -1.27. The molecule has 0 aromatic rings. The zero-order chi connectivity index (χ0) is 13.3. The van der Waals surface area contributed by atoms with Crippen LogP contribution in [0.2, 0.25) is 0 Å². The van der Waals surface area contributed by atoms with Gasteiger partial charge in [-0.15, -0.1) is 0 Å². The number of cyclic esters (lactones) is 1. The van der Waals surface area contributed by atoms with E-state index in [1.165, 1.54) is 22.7 Å². The Kier molecular flexibility index (Phi) is 3.90. The molecule has 1 atom stereocenters. The molecule has 0 amide bonds. The maximum atomic E-state index is 11.9. The highest BCUT2D eigenvalue weighted by Crippen LogP contribution is 2.17. The zero-order valence-corrected chi connectivity index (χ0v) is 11.5. The summed E-state index contributed by atoms with van der Waals surface area (Å²) in [6.07, 6.45) is 0.708. The maximum absolute atomic E-state index is 11.9. The van der Waals surface area contributed by atoms with Gasteiger partial charge in [0.15, 0.2) is 0 Å². The van der Waals surface area contributed by atoms with Crippen molar-refractivity contribution in [3.8, 4) is 0 Å². The molecule has 0 aromatic carbocycles. The minimum Gasteiger partial charge on any atom is -0.464 e. The molecule has 0 aromatic heterocycles. The SMILES string of the molecule is CN(C)S(=O)(=O)N1CCN([C@@H]2CCOC2=O)CC1. The third-order valence-electron chi connectivity index (χ3n) is 3.41. The van der Waals surface area contributed by atoms with Crippen molar-refractivity contribution < 1.29 is 17.9 Å². The fourth-order valence-corrected chi connectivity index (χ4v) is 3.38. The van der Waals surface area contributed by atoms with Crippen molar-refractivity contribution in [2.45, 2.75) is 12.5 Å². The highest BCUT2D eigenvalue weighted by molar-refractivity contribution is 7.86. The Hall–Kier alpha value is -0.700. The van der Waals surface area contributed by atoms with Crippen molar-refractivity contribution in [1.82, 2.24) is 13.5 Å². The molecule has 104 valence electrons. The summed E-state index contributed by atoms with van der Waals surface area (Å²) in [5.41, 5.74) is 0. The first kappa shape index (κ1) is 13.7. The molecule has 2 aliphatic heterocycles. The molecule has 0 radical (unpaired) electrons. The van der Waals surface area contributed by atoms with Crippen LogP contribution in [0, 0.1) is 0 Å². The summed E-state index contributed by atoms with van der Waals surface area (Å²) in [4.78, 5) is 13.5. The van der Waals surface area contributed by atoms with Gasteiger partial charge in [-0.2, -0.15) is 17.0 Å². The van der Waals surface area contributed by atoms with Crippen LogP contribution in [0.5, 0.6) is 0 Å². The Balaban J connectivity index is 1.94. The second-order valence-corrected chi connectivity index (χ2v) is 6.84. The van der Waals surface area contributed by atoms with E-state index in [-0.39, 0.29) is 12.0 Å². The molecule has 2 aliphatic rings. The molecular weight excluding hydrogens is 258 g/mol. The van der Waals surface area contributed by atoms with Crippen molar-refractivity contribution in [3.63, 3.8) is 0 Å². The lowest BCUT2D eigenvalue weighted by molar-refractivity contribution is -0.142. The third kappa shape index (κ3) is 2.51. The molecule has 18 heavy (non-hydrogen) atoms. The molecule has 0 unspecified atom stereocenters. The lowest BCUT2D eigenvalue weighted by Gasteiger charge is -2.36. The highest BCUT2D eigenvalue weighted by atomic mass is 32.2. The molecular formula is C10H19N3O4S. The molecule has 7 nitrogen and oxygen atoms in total. The van der Waals surface area contributed by atoms with Gasteiger partial charge >= 0.3 is 5.97 Å². The van der Waals surface area contributed by atoms with Crippen LogP contribution in [0.4, 0.5) is 0 Å². The summed E-state index contributed by atoms with van der Waals surface area (Å²) in [5, 5.41) is 0. The standard InChI is InChI=1S/C10H19N3O4S/c1-11(2)18(15,16)13-6-4-12(5-7-13)9-3-8-17-10(9)14/h9H,3-8H2,1-2H3/t9-/m1/s1. The maximum Gasteiger partial charge on any atom is 0.323 e. The number of carbonyl (C=O) groups is 1. The Morgan fingerprint density at radius 2 is 1.83 bits per heavy atom. The quantitative estimate of drug-likeness (QED) is 0.601. The largest absolute Gasteiger partial charge is 0.464 e. The second-order valence-electron chi connectivity index (χ2n) is 4.70. The molecule has 2 fully saturated rings. The summed E-state index contributed by atoms with van der Waals surface area (Å²) in [6.45, 7) is 2.47. The number of hydrogen-bond donors (Lipinski definition) is 0. The average molecular weight is 277 g/mol. The summed E-state index contributed by atoms with van der Waals surface area (Å²) in [6, 6.07) is -0.186. The first-order valence-electron chi connectivity index (χ1n) is 6.01. The minimum atomic E-state index is -3.34. The van der Waals surface area contributed by atoms with Crippen molar-refractivity contribution >= 4 is 16.2 Å². The van der Waals surface area contributed by atoms with Crippen molar-refractivity contribution in [2.75, 3.05) is 46.9 Å². The van der Waals surface area contributed by atoms with Gasteiger partial charge < -0.3 is 4.74 Å². The van der Waals surface area contributed by atoms with Crippen LogP contribution in [-0.2, 0) is 19.7 Å². The molecule has 0 N–H and O–H groups in total. The molecule has 0 saturated carbocycles. The van der Waals surface area contributed by atoms with Crippen LogP contribution in [0.25, 0.3) is 0 Å². The van der Waals surface area contributed by atoms with Crippen LogP contribution in [-0.4, -0.2) is 80.8 Å². The highest BCUT2D eigenvalue weighted by Gasteiger charge is 2.36. The van der Waals surface area contributed by atoms with E-state index in [9.17, 15) is 13.2 Å². The third-order valence-corrected chi connectivity index (χ3v) is 5.35. The molecule has 2 rings (SSSR count). The summed E-state index contributed by atoms with van der Waals surface area (Å²) in [7, 11) is -0.289. The Bertz CT molecular complexity index is 415. The van der Waals surface area contributed by atoms with Crippen molar-refractivity contribution in [3.05, 3.63) is 0 Å². The van der Waals surface area contributed by atoms with E-state index in [4.69, 9.17) is 4.74 Å². The fourth-order valence-electron chi connectivity index (χ4n) is 2.29. The number of nitrogens with zero attached hydrogens (tertiary/aromatic N) is 3. The predicted molar refractivity (Wildman–Crippen MR) is 65.1 cm³/mol. The number of rotatable bonds is 3. The zero-order valence-electron chi connectivity index (χ0n) is 10.7. The van der Waals surface area contributed by atoms with Gasteiger partial charge in [0.05, 0.1) is 6.61 Å². The van der Waals surface area contributed by atoms with Gasteiger partial charge in [-0.05, 0) is 0 Å². The van der Waals surface area contributed by atoms with Crippen molar-refractivity contribution in [1.29, 1.82) is 0 Å². The van der Waals surface area contributed by atoms with Crippen LogP contribution in [0.15, 0.2) is 0 Å². The van der Waals surface area contributed by atoms with Gasteiger partial charge in [-0.3, -0.25) is 9.69 Å². The second kappa shape index (κ2) is 5.12. The Morgan fingerprint density at radius 3 is 2.28 bits per heavy atom. The van der Waals surface area contributed by atoms with E-state index in [1.54, 1.807) is 0 Å². The van der Waals surface area contributed by atoms with E-state index in [0.717, 1.165) is 0 Å². The van der Waals surface area contributed by atoms with Gasteiger partial charge in [0.2, 0.25) is 0 Å². The van der Waals surface area contributed by atoms with Crippen LogP contribution in [0.1, 0.15) is 6.42 Å². The molecule has 2 heterocycles. The Morgan fingerprint density at radius 1 is 1.22 bits per heavy atom. The lowest BCUT2D eigenvalue weighted by Crippen LogP contribution is -2.54. The van der Waals surface area contributed by atoms with E-state index in [2.05, 4.69) is 0 Å². The Labute approximate surface area is 107 Å². The molecule has 0 aliphatic carbocycles. The van der Waals surface area contributed by atoms with E-state index in [1.807, 2.05) is 4.90 Å². The first-order chi connectivity index (χ1) is 8.43. The smallest absolute Gasteiger partial charge is 0.323 e. The monoisotopic (exact) mass is 277 g/mol. The average Bonchev–Trinajstić information content (AvgIpc) is 2.75. The van der Waals surface area contributed by atoms with E-state index < -0.39 is 10.2 Å². The summed E-state index contributed by atoms with van der Waals surface area (Å²) < 4.78 is 31.4. The van der Waals surface area contributed by atoms with Gasteiger partial charge in [-0.1, -0.05) is 0 Å². The first-order valence-corrected chi connectivity index (χ1v) is 7.41. The van der Waals surface area contributed by atoms with Crippen LogP contribution < -0.4 is 0 Å². The van der Waals surface area contributed by atoms with Crippen molar-refractivity contribution in [2.24, 2.45) is 0 Å². The fraction of sp³-hybridized carbons (Fsp3) is 0.900. The van der Waals surface area contributed by atoms with Crippen LogP contribution in [0.3, 0.4) is 0 Å². The number of esters is 1. The van der Waals surface area contributed by atoms with Crippen LogP contribution >= 0.6 is 0 Å². The van der Waals surface area contributed by atoms with Gasteiger partial charge in [-0.25, -0.2) is 0 Å². The summed E-state index contributed by atoms with van der Waals surface area (Å²) >= 11 is 0. The summed E-state index contributed by atoms with van der Waals surface area (Å²) in [5.74, 6) is -0.182. The van der Waals surface area contributed by atoms with E-state index >= 15 is 0 Å². The number of hydrogen-bond acceptors (Lipinski definition) is 5. The van der Waals surface area contributed by atoms with Gasteiger partial charge in [0.1, 0.15) is 6.04 Å². The molecule has 0 bridgehead atoms. The lowest BCUT2D eigenvalue weighted by atomic mass is 10.2. The normalized spacial score (nSPS) is 27.7. The molecule has 0 spiro atoms. The number of carbonyl (C=O) groups excluding carboxylic acids is 1. The molecule has 8 heteroatoms. The number of ether oxygens (including phenoxy) is 1. The number of piperazine rings is 1. The van der Waals surface area contributed by atoms with E-state index in [0.29, 0.717) is 39.2 Å². The van der Waals surface area contributed by atoms with Gasteiger partial charge in [0.25, 0.3) is 10.2 Å². The molecule has 2 saturated heterocycles. The minimum absolute atomic E-state index is 0.182. The van der Waals surface area contributed by atoms with Gasteiger partial charge in [0, 0.05) is 46.7 Å². The topological polar surface area (TPSA) is 70.2 Å².